The summed E-state index contributed by atoms with van der Waals surface area (Å²) in [7, 11) is 0. The lowest BCUT2D eigenvalue weighted by molar-refractivity contribution is 0.124. The Morgan fingerprint density at radius 2 is 2.40 bits per heavy atom. The smallest absolute Gasteiger partial charge is 0.159 e. The number of nitrogens with two attached hydrogens (primary N) is 1. The number of hydrogen-bond acceptors (Lipinski definition) is 4. The molecule has 2 heterocycles. The number of hydrogen-bond donors (Lipinski definition) is 1. The molecule has 0 aliphatic carbocycles. The van der Waals surface area contributed by atoms with Crippen molar-refractivity contribution in [3.63, 3.8) is 0 Å². The molecule has 0 saturated heterocycles. The van der Waals surface area contributed by atoms with E-state index in [-0.39, 0.29) is 0 Å². The van der Waals surface area contributed by atoms with Gasteiger partial charge >= 0.3 is 0 Å². The highest BCUT2D eigenvalue weighted by Gasteiger charge is 2.21. The van der Waals surface area contributed by atoms with Crippen molar-refractivity contribution in [2.75, 3.05) is 13.2 Å². The SMILES string of the molecule is CCOCc1nnc2n1CCC(CN)C2. The molecule has 0 amide bonds. The average molecular weight is 210 g/mol. The normalized spacial score (nSPS) is 20.3. The Labute approximate surface area is 89.6 Å². The highest BCUT2D eigenvalue weighted by Crippen LogP contribution is 2.19. The Kier molecular flexibility index (Phi) is 3.33. The molecule has 2 rings (SSSR count). The molecular weight excluding hydrogens is 192 g/mol. The van der Waals surface area contributed by atoms with Gasteiger partial charge in [-0.3, -0.25) is 0 Å². The van der Waals surface area contributed by atoms with Crippen molar-refractivity contribution in [3.8, 4) is 0 Å². The van der Waals surface area contributed by atoms with E-state index in [0.29, 0.717) is 19.1 Å². The zero-order valence-corrected chi connectivity index (χ0v) is 9.15. The van der Waals surface area contributed by atoms with Gasteiger partial charge < -0.3 is 15.0 Å². The summed E-state index contributed by atoms with van der Waals surface area (Å²) in [6.45, 7) is 4.99. The number of aromatic nitrogens is 3. The minimum atomic E-state index is 0.566. The molecule has 15 heavy (non-hydrogen) atoms. The summed E-state index contributed by atoms with van der Waals surface area (Å²) in [5.41, 5.74) is 5.67. The van der Waals surface area contributed by atoms with Gasteiger partial charge in [0.05, 0.1) is 0 Å². The van der Waals surface area contributed by atoms with Crippen LogP contribution in [0.4, 0.5) is 0 Å². The van der Waals surface area contributed by atoms with E-state index < -0.39 is 0 Å². The van der Waals surface area contributed by atoms with Crippen molar-refractivity contribution in [1.29, 1.82) is 0 Å². The summed E-state index contributed by atoms with van der Waals surface area (Å²) in [6.07, 6.45) is 2.08. The molecule has 0 saturated carbocycles. The minimum absolute atomic E-state index is 0.566. The van der Waals surface area contributed by atoms with E-state index in [9.17, 15) is 0 Å². The molecule has 1 aromatic heterocycles. The molecule has 1 unspecified atom stereocenters. The van der Waals surface area contributed by atoms with Crippen LogP contribution in [0.15, 0.2) is 0 Å². The molecule has 0 radical (unpaired) electrons. The monoisotopic (exact) mass is 210 g/mol. The number of ether oxygens (including phenoxy) is 1. The first-order valence-electron chi connectivity index (χ1n) is 5.54. The number of nitrogens with zero attached hydrogens (tertiary/aromatic N) is 3. The fourth-order valence-electron chi connectivity index (χ4n) is 1.95. The fourth-order valence-corrected chi connectivity index (χ4v) is 1.95. The lowest BCUT2D eigenvalue weighted by Gasteiger charge is -2.22. The van der Waals surface area contributed by atoms with Gasteiger partial charge in [0.2, 0.25) is 0 Å². The van der Waals surface area contributed by atoms with Crippen molar-refractivity contribution in [3.05, 3.63) is 11.6 Å². The zero-order valence-electron chi connectivity index (χ0n) is 9.15. The van der Waals surface area contributed by atoms with Crippen LogP contribution < -0.4 is 5.73 Å². The Balaban J connectivity index is 2.08. The molecule has 1 aromatic rings. The largest absolute Gasteiger partial charge is 0.374 e. The van der Waals surface area contributed by atoms with Crippen LogP contribution in [-0.2, 0) is 24.3 Å². The Morgan fingerprint density at radius 1 is 1.53 bits per heavy atom. The third kappa shape index (κ3) is 2.18. The first kappa shape index (κ1) is 10.6. The Morgan fingerprint density at radius 3 is 3.13 bits per heavy atom. The second kappa shape index (κ2) is 4.72. The van der Waals surface area contributed by atoms with Gasteiger partial charge in [-0.15, -0.1) is 10.2 Å². The van der Waals surface area contributed by atoms with Gasteiger partial charge in [0.1, 0.15) is 12.4 Å². The van der Waals surface area contributed by atoms with Gasteiger partial charge in [-0.2, -0.15) is 0 Å². The van der Waals surface area contributed by atoms with Crippen LogP contribution in [0.5, 0.6) is 0 Å². The molecule has 84 valence electrons. The zero-order chi connectivity index (χ0) is 10.7. The molecule has 1 aliphatic rings. The fraction of sp³-hybridized carbons (Fsp3) is 0.800. The molecule has 2 N–H and O–H groups in total. The molecule has 0 fully saturated rings. The Bertz CT molecular complexity index is 310. The van der Waals surface area contributed by atoms with Crippen LogP contribution in [-0.4, -0.2) is 27.9 Å². The van der Waals surface area contributed by atoms with Crippen molar-refractivity contribution in [2.45, 2.75) is 32.9 Å². The summed E-state index contributed by atoms with van der Waals surface area (Å²) >= 11 is 0. The molecule has 0 bridgehead atoms. The van der Waals surface area contributed by atoms with Gasteiger partial charge in [0.15, 0.2) is 5.82 Å². The van der Waals surface area contributed by atoms with Gasteiger partial charge in [-0.05, 0) is 25.8 Å². The lowest BCUT2D eigenvalue weighted by Crippen LogP contribution is -2.26. The first-order chi connectivity index (χ1) is 7.35. The maximum absolute atomic E-state index is 5.67. The highest BCUT2D eigenvalue weighted by atomic mass is 16.5. The van der Waals surface area contributed by atoms with E-state index in [2.05, 4.69) is 14.8 Å². The molecular formula is C10H18N4O. The summed E-state index contributed by atoms with van der Waals surface area (Å²) in [5.74, 6) is 2.58. The van der Waals surface area contributed by atoms with E-state index in [4.69, 9.17) is 10.5 Å². The van der Waals surface area contributed by atoms with Gasteiger partial charge in [-0.1, -0.05) is 0 Å². The van der Waals surface area contributed by atoms with Crippen LogP contribution in [0.25, 0.3) is 0 Å². The van der Waals surface area contributed by atoms with Crippen LogP contribution in [0.2, 0.25) is 0 Å². The number of fused-ring (bicyclic) bond motifs is 1. The summed E-state index contributed by atoms with van der Waals surface area (Å²) < 4.78 is 7.52. The van der Waals surface area contributed by atoms with Crippen molar-refractivity contribution in [1.82, 2.24) is 14.8 Å². The van der Waals surface area contributed by atoms with Crippen LogP contribution in [0, 0.1) is 5.92 Å². The highest BCUT2D eigenvalue weighted by molar-refractivity contribution is 4.99. The minimum Gasteiger partial charge on any atom is -0.374 e. The van der Waals surface area contributed by atoms with E-state index in [1.54, 1.807) is 0 Å². The predicted molar refractivity (Wildman–Crippen MR) is 56.2 cm³/mol. The lowest BCUT2D eigenvalue weighted by atomic mass is 9.98. The van der Waals surface area contributed by atoms with E-state index in [1.165, 1.54) is 0 Å². The predicted octanol–water partition coefficient (Wildman–Crippen LogP) is 0.336. The molecule has 1 aliphatic heterocycles. The summed E-state index contributed by atoms with van der Waals surface area (Å²) in [4.78, 5) is 0. The molecule has 0 aromatic carbocycles. The first-order valence-corrected chi connectivity index (χ1v) is 5.54. The van der Waals surface area contributed by atoms with Gasteiger partial charge in [-0.25, -0.2) is 0 Å². The maximum Gasteiger partial charge on any atom is 0.159 e. The maximum atomic E-state index is 5.67. The second-order valence-electron chi connectivity index (χ2n) is 3.92. The molecule has 5 nitrogen and oxygen atoms in total. The summed E-state index contributed by atoms with van der Waals surface area (Å²) in [6, 6.07) is 0. The van der Waals surface area contributed by atoms with Crippen molar-refractivity contribution < 1.29 is 4.74 Å². The van der Waals surface area contributed by atoms with E-state index >= 15 is 0 Å². The molecule has 0 spiro atoms. The standard InChI is InChI=1S/C10H18N4O/c1-2-15-7-10-13-12-9-5-8(6-11)3-4-14(9)10/h8H,2-7,11H2,1H3. The van der Waals surface area contributed by atoms with Crippen LogP contribution in [0.1, 0.15) is 25.0 Å². The second-order valence-corrected chi connectivity index (χ2v) is 3.92. The third-order valence-corrected chi connectivity index (χ3v) is 2.90. The van der Waals surface area contributed by atoms with E-state index in [0.717, 1.165) is 37.6 Å². The number of rotatable bonds is 4. The summed E-state index contributed by atoms with van der Waals surface area (Å²) in [5, 5.41) is 8.34. The van der Waals surface area contributed by atoms with Gasteiger partial charge in [0.25, 0.3) is 0 Å². The van der Waals surface area contributed by atoms with E-state index in [1.807, 2.05) is 6.92 Å². The average Bonchev–Trinajstić information content (AvgIpc) is 2.68. The van der Waals surface area contributed by atoms with Crippen molar-refractivity contribution in [2.24, 2.45) is 11.7 Å². The van der Waals surface area contributed by atoms with Gasteiger partial charge in [0, 0.05) is 19.6 Å². The molecule has 1 atom stereocenters. The van der Waals surface area contributed by atoms with Crippen LogP contribution in [0.3, 0.4) is 0 Å². The Hall–Kier alpha value is -0.940. The molecule has 5 heteroatoms. The van der Waals surface area contributed by atoms with Crippen molar-refractivity contribution >= 4 is 0 Å². The topological polar surface area (TPSA) is 66.0 Å². The van der Waals surface area contributed by atoms with Crippen LogP contribution >= 0.6 is 0 Å². The third-order valence-electron chi connectivity index (χ3n) is 2.90. The quantitative estimate of drug-likeness (QED) is 0.778.